The smallest absolute Gasteiger partial charge is 0.148 e. The van der Waals surface area contributed by atoms with Crippen LogP contribution < -0.4 is 0 Å². The van der Waals surface area contributed by atoms with Gasteiger partial charge < -0.3 is 4.90 Å². The molecule has 0 unspecified atom stereocenters. The largest absolute Gasteiger partial charge is 0.303 e. The van der Waals surface area contributed by atoms with Crippen LogP contribution in [0.2, 0.25) is 0 Å². The van der Waals surface area contributed by atoms with Crippen molar-refractivity contribution in [1.29, 1.82) is 0 Å². The van der Waals surface area contributed by atoms with E-state index in [4.69, 9.17) is 0 Å². The van der Waals surface area contributed by atoms with Crippen LogP contribution in [0, 0.1) is 24.5 Å². The number of hydrogen-bond acceptors (Lipinski definition) is 4. The van der Waals surface area contributed by atoms with E-state index in [0.717, 1.165) is 57.7 Å². The molecule has 136 valence electrons. The van der Waals surface area contributed by atoms with Crippen LogP contribution in [0.1, 0.15) is 37.1 Å². The van der Waals surface area contributed by atoms with E-state index in [1.807, 2.05) is 11.6 Å². The molecule has 2 heterocycles. The molecule has 1 aromatic carbocycles. The Morgan fingerprint density at radius 2 is 2.00 bits per heavy atom. The number of likely N-dealkylation sites (tertiary alicyclic amines) is 1. The van der Waals surface area contributed by atoms with E-state index >= 15 is 0 Å². The molecule has 1 aromatic heterocycles. The molecule has 3 rings (SSSR count). The number of benzene rings is 1. The van der Waals surface area contributed by atoms with Crippen LogP contribution in [0.3, 0.4) is 0 Å². The Labute approximate surface area is 147 Å². The minimum atomic E-state index is -0.426. The summed E-state index contributed by atoms with van der Waals surface area (Å²) in [6.45, 7) is 5.83. The SMILES string of the molecule is Cc1nnnn1CCCN1CCC[C@@H](CCc2c(F)cccc2F)C1. The molecule has 5 nitrogen and oxygen atoms in total. The molecule has 0 spiro atoms. The lowest BCUT2D eigenvalue weighted by atomic mass is 9.91. The summed E-state index contributed by atoms with van der Waals surface area (Å²) in [6, 6.07) is 4.10. The molecule has 0 bridgehead atoms. The lowest BCUT2D eigenvalue weighted by Crippen LogP contribution is -2.36. The average molecular weight is 349 g/mol. The Morgan fingerprint density at radius 3 is 2.72 bits per heavy atom. The first-order valence-corrected chi connectivity index (χ1v) is 9.01. The Kier molecular flexibility index (Phi) is 6.07. The van der Waals surface area contributed by atoms with E-state index in [2.05, 4.69) is 20.4 Å². The maximum absolute atomic E-state index is 13.7. The molecule has 0 radical (unpaired) electrons. The molecule has 7 heteroatoms. The van der Waals surface area contributed by atoms with Gasteiger partial charge in [-0.25, -0.2) is 13.5 Å². The first kappa shape index (κ1) is 17.9. The van der Waals surface area contributed by atoms with Crippen LogP contribution in [0.25, 0.3) is 0 Å². The predicted molar refractivity (Wildman–Crippen MR) is 91.0 cm³/mol. The Morgan fingerprint density at radius 1 is 1.20 bits per heavy atom. The number of aromatic nitrogens is 4. The van der Waals surface area contributed by atoms with Crippen molar-refractivity contribution in [3.05, 3.63) is 41.2 Å². The monoisotopic (exact) mass is 349 g/mol. The van der Waals surface area contributed by atoms with Gasteiger partial charge in [-0.3, -0.25) is 0 Å². The maximum Gasteiger partial charge on any atom is 0.148 e. The molecule has 1 atom stereocenters. The van der Waals surface area contributed by atoms with E-state index in [9.17, 15) is 8.78 Å². The van der Waals surface area contributed by atoms with Crippen molar-refractivity contribution >= 4 is 0 Å². The number of rotatable bonds is 7. The third kappa shape index (κ3) is 4.81. The quantitative estimate of drug-likeness (QED) is 0.771. The molecular formula is C18H25F2N5. The third-order valence-corrected chi connectivity index (χ3v) is 5.02. The molecule has 2 aromatic rings. The van der Waals surface area contributed by atoms with Gasteiger partial charge >= 0.3 is 0 Å². The fraction of sp³-hybridized carbons (Fsp3) is 0.611. The molecule has 1 aliphatic heterocycles. The van der Waals surface area contributed by atoms with Gasteiger partial charge in [0.15, 0.2) is 0 Å². The Hall–Kier alpha value is -1.89. The molecule has 1 fully saturated rings. The zero-order valence-corrected chi connectivity index (χ0v) is 14.7. The normalized spacial score (nSPS) is 18.6. The van der Waals surface area contributed by atoms with Gasteiger partial charge in [0.05, 0.1) is 0 Å². The van der Waals surface area contributed by atoms with Crippen molar-refractivity contribution in [2.24, 2.45) is 5.92 Å². The first-order chi connectivity index (χ1) is 12.1. The molecule has 1 saturated heterocycles. The molecule has 1 aliphatic rings. The highest BCUT2D eigenvalue weighted by Gasteiger charge is 2.20. The van der Waals surface area contributed by atoms with Gasteiger partial charge in [0.1, 0.15) is 17.5 Å². The molecule has 0 N–H and O–H groups in total. The summed E-state index contributed by atoms with van der Waals surface area (Å²) in [5.41, 5.74) is 0.230. The standard InChI is InChI=1S/C18H25F2N5/c1-14-21-22-23-25(14)12-4-11-24-10-3-5-15(13-24)8-9-16-17(19)6-2-7-18(16)20/h2,6-7,15H,3-5,8-13H2,1H3/t15-/m0/s1. The van der Waals surface area contributed by atoms with E-state index in [-0.39, 0.29) is 5.56 Å². The van der Waals surface area contributed by atoms with Gasteiger partial charge in [0, 0.05) is 18.7 Å². The predicted octanol–water partition coefficient (Wildman–Crippen LogP) is 2.99. The summed E-state index contributed by atoms with van der Waals surface area (Å²) in [6.07, 6.45) is 4.59. The number of aryl methyl sites for hydroxylation is 2. The highest BCUT2D eigenvalue weighted by Crippen LogP contribution is 2.23. The Balaban J connectivity index is 1.44. The minimum absolute atomic E-state index is 0.230. The second kappa shape index (κ2) is 8.47. The van der Waals surface area contributed by atoms with Crippen LogP contribution >= 0.6 is 0 Å². The van der Waals surface area contributed by atoms with Crippen LogP contribution in [0.5, 0.6) is 0 Å². The molecule has 0 saturated carbocycles. The molecule has 0 aliphatic carbocycles. The fourth-order valence-corrected chi connectivity index (χ4v) is 3.61. The van der Waals surface area contributed by atoms with Gasteiger partial charge in [-0.15, -0.1) is 5.10 Å². The third-order valence-electron chi connectivity index (χ3n) is 5.02. The molecule has 25 heavy (non-hydrogen) atoms. The highest BCUT2D eigenvalue weighted by molar-refractivity contribution is 5.19. The van der Waals surface area contributed by atoms with E-state index < -0.39 is 11.6 Å². The average Bonchev–Trinajstić information content (AvgIpc) is 3.00. The van der Waals surface area contributed by atoms with Gasteiger partial charge in [-0.05, 0) is 80.6 Å². The zero-order valence-electron chi connectivity index (χ0n) is 14.7. The Bertz CT molecular complexity index is 668. The van der Waals surface area contributed by atoms with Crippen molar-refractivity contribution in [3.63, 3.8) is 0 Å². The number of nitrogens with zero attached hydrogens (tertiary/aromatic N) is 5. The summed E-state index contributed by atoms with van der Waals surface area (Å²) in [7, 11) is 0. The number of hydrogen-bond donors (Lipinski definition) is 0. The topological polar surface area (TPSA) is 46.8 Å². The van der Waals surface area contributed by atoms with Crippen LogP contribution in [0.4, 0.5) is 8.78 Å². The second-order valence-electron chi connectivity index (χ2n) is 6.85. The lowest BCUT2D eigenvalue weighted by molar-refractivity contribution is 0.164. The summed E-state index contributed by atoms with van der Waals surface area (Å²) >= 11 is 0. The van der Waals surface area contributed by atoms with Crippen LogP contribution in [-0.4, -0.2) is 44.7 Å². The summed E-state index contributed by atoms with van der Waals surface area (Å²) < 4.78 is 29.3. The number of tetrazole rings is 1. The number of halogens is 2. The van der Waals surface area contributed by atoms with Crippen molar-refractivity contribution in [2.75, 3.05) is 19.6 Å². The van der Waals surface area contributed by atoms with Gasteiger partial charge in [-0.2, -0.15) is 0 Å². The summed E-state index contributed by atoms with van der Waals surface area (Å²) in [5, 5.41) is 11.5. The summed E-state index contributed by atoms with van der Waals surface area (Å²) in [4.78, 5) is 2.45. The second-order valence-corrected chi connectivity index (χ2v) is 6.85. The maximum atomic E-state index is 13.7. The van der Waals surface area contributed by atoms with Gasteiger partial charge in [0.2, 0.25) is 0 Å². The molecular weight excluding hydrogens is 324 g/mol. The van der Waals surface area contributed by atoms with Crippen LogP contribution in [-0.2, 0) is 13.0 Å². The molecule has 0 amide bonds. The van der Waals surface area contributed by atoms with Crippen molar-refractivity contribution < 1.29 is 8.78 Å². The fourth-order valence-electron chi connectivity index (χ4n) is 3.61. The summed E-state index contributed by atoms with van der Waals surface area (Å²) in [5.74, 6) is 0.486. The van der Waals surface area contributed by atoms with Crippen molar-refractivity contribution in [1.82, 2.24) is 25.1 Å². The highest BCUT2D eigenvalue weighted by atomic mass is 19.1. The lowest BCUT2D eigenvalue weighted by Gasteiger charge is -2.32. The van der Waals surface area contributed by atoms with E-state index in [1.165, 1.54) is 18.2 Å². The zero-order chi connectivity index (χ0) is 17.6. The van der Waals surface area contributed by atoms with E-state index in [0.29, 0.717) is 12.3 Å². The number of piperidine rings is 1. The minimum Gasteiger partial charge on any atom is -0.303 e. The van der Waals surface area contributed by atoms with Gasteiger partial charge in [0.25, 0.3) is 0 Å². The van der Waals surface area contributed by atoms with Gasteiger partial charge in [-0.1, -0.05) is 6.07 Å². The first-order valence-electron chi connectivity index (χ1n) is 9.01. The van der Waals surface area contributed by atoms with Crippen molar-refractivity contribution in [3.8, 4) is 0 Å². The van der Waals surface area contributed by atoms with E-state index in [1.54, 1.807) is 0 Å². The van der Waals surface area contributed by atoms with Crippen molar-refractivity contribution in [2.45, 2.75) is 45.6 Å². The van der Waals surface area contributed by atoms with Crippen LogP contribution in [0.15, 0.2) is 18.2 Å².